The minimum Gasteiger partial charge on any atom is -0.661 e. The van der Waals surface area contributed by atoms with Gasteiger partial charge in [0.05, 0.1) is 0 Å². The Balaban J connectivity index is 0.000000212. The first-order chi connectivity index (χ1) is 14.1. The molecule has 0 radical (unpaired) electrons. The number of carbonyl (C=O) groups is 1. The van der Waals surface area contributed by atoms with Gasteiger partial charge in [0.2, 0.25) is 0 Å². The number of allylic oxidation sites excluding steroid dienone is 2. The molecule has 0 aliphatic heterocycles. The van der Waals surface area contributed by atoms with E-state index in [-0.39, 0.29) is 26.8 Å². The van der Waals surface area contributed by atoms with Gasteiger partial charge in [0, 0.05) is 6.20 Å². The van der Waals surface area contributed by atoms with Gasteiger partial charge in [-0.3, -0.25) is 4.79 Å². The van der Waals surface area contributed by atoms with Crippen molar-refractivity contribution < 1.29 is 25.9 Å². The molecule has 4 heteroatoms. The number of aromatic nitrogens is 1. The van der Waals surface area contributed by atoms with Gasteiger partial charge in [0.25, 0.3) is 0 Å². The van der Waals surface area contributed by atoms with Crippen LogP contribution in [0, 0.1) is 6.07 Å². The van der Waals surface area contributed by atoms with Crippen molar-refractivity contribution in [2.75, 3.05) is 0 Å². The monoisotopic (exact) mass is 573 g/mol. The van der Waals surface area contributed by atoms with Gasteiger partial charge in [0.1, 0.15) is 0 Å². The zero-order chi connectivity index (χ0) is 20.5. The van der Waals surface area contributed by atoms with E-state index in [0.717, 1.165) is 22.6 Å². The molecule has 1 aromatic heterocycles. The third-order valence-corrected chi connectivity index (χ3v) is 4.11. The number of carbonyl (C=O) groups excluding carboxylic acids is 1. The third-order valence-electron chi connectivity index (χ3n) is 4.11. The Labute approximate surface area is 192 Å². The first-order valence-electron chi connectivity index (χ1n) is 9.40. The largest absolute Gasteiger partial charge is 2.00 e. The molecule has 3 nitrogen and oxygen atoms in total. The molecule has 0 saturated carbocycles. The molecular weight excluding hydrogens is 551 g/mol. The summed E-state index contributed by atoms with van der Waals surface area (Å²) < 4.78 is 0. The molecule has 152 valence electrons. The van der Waals surface area contributed by atoms with Crippen molar-refractivity contribution in [1.29, 1.82) is 0 Å². The molecule has 0 spiro atoms. The molecule has 0 bridgehead atoms. The summed E-state index contributed by atoms with van der Waals surface area (Å²) >= 11 is 0. The molecule has 1 heterocycles. The number of rotatable bonds is 4. The van der Waals surface area contributed by atoms with Gasteiger partial charge in [-0.2, -0.15) is 5.70 Å². The molecule has 0 atom stereocenters. The fourth-order valence-corrected chi connectivity index (χ4v) is 2.91. The average molecular weight is 574 g/mol. The van der Waals surface area contributed by atoms with Gasteiger partial charge >= 0.3 is 21.1 Å². The normalized spacial score (nSPS) is 10.4. The molecule has 0 saturated heterocycles. The summed E-state index contributed by atoms with van der Waals surface area (Å²) in [5.74, 6) is 0.0252. The second-order valence-corrected chi connectivity index (χ2v) is 6.50. The number of nitrogens with zero attached hydrogens (tertiary/aromatic N) is 2. The van der Waals surface area contributed by atoms with Crippen LogP contribution in [-0.4, -0.2) is 10.8 Å². The second kappa shape index (κ2) is 11.8. The summed E-state index contributed by atoms with van der Waals surface area (Å²) in [6.07, 6.45) is 3.37. The number of ketones is 1. The molecule has 0 aliphatic carbocycles. The number of hydrogen-bond acceptors (Lipinski definition) is 2. The number of hydrogen-bond donors (Lipinski definition) is 0. The maximum absolute atomic E-state index is 10.7. The van der Waals surface area contributed by atoms with Crippen molar-refractivity contribution in [3.63, 3.8) is 0 Å². The van der Waals surface area contributed by atoms with Crippen LogP contribution in [0.3, 0.4) is 0 Å². The Morgan fingerprint density at radius 1 is 0.900 bits per heavy atom. The average Bonchev–Trinajstić information content (AvgIpc) is 2.74. The number of benzene rings is 3. The first kappa shape index (κ1) is 23.2. The summed E-state index contributed by atoms with van der Waals surface area (Å²) in [6.45, 7) is 3.33. The van der Waals surface area contributed by atoms with Crippen LogP contribution in [0.1, 0.15) is 13.8 Å². The minimum atomic E-state index is 0. The van der Waals surface area contributed by atoms with Crippen LogP contribution >= 0.6 is 0 Å². The Morgan fingerprint density at radius 2 is 1.60 bits per heavy atom. The van der Waals surface area contributed by atoms with Crippen LogP contribution in [0.4, 0.5) is 5.69 Å². The van der Waals surface area contributed by atoms with Crippen LogP contribution in [0.25, 0.3) is 27.3 Å². The fraction of sp³-hybridized carbons (Fsp3) is 0.0769. The van der Waals surface area contributed by atoms with Crippen LogP contribution in [0.2, 0.25) is 0 Å². The van der Waals surface area contributed by atoms with Gasteiger partial charge in [-0.05, 0) is 35.5 Å². The zero-order valence-electron chi connectivity index (χ0n) is 16.9. The van der Waals surface area contributed by atoms with E-state index in [0.29, 0.717) is 0 Å². The van der Waals surface area contributed by atoms with Gasteiger partial charge in [-0.25, -0.2) is 0 Å². The van der Waals surface area contributed by atoms with Gasteiger partial charge in [-0.1, -0.05) is 61.5 Å². The fourth-order valence-electron chi connectivity index (χ4n) is 2.91. The van der Waals surface area contributed by atoms with Crippen molar-refractivity contribution in [2.24, 2.45) is 0 Å². The quantitative estimate of drug-likeness (QED) is 0.197. The predicted octanol–water partition coefficient (Wildman–Crippen LogP) is 6.88. The van der Waals surface area contributed by atoms with Gasteiger partial charge in [0.15, 0.2) is 5.78 Å². The Hall–Kier alpha value is -3.03. The summed E-state index contributed by atoms with van der Waals surface area (Å²) in [4.78, 5) is 15.2. The van der Waals surface area contributed by atoms with Crippen molar-refractivity contribution in [3.8, 4) is 11.3 Å². The van der Waals surface area contributed by atoms with Crippen LogP contribution in [0.5, 0.6) is 0 Å². The Kier molecular flexibility index (Phi) is 9.18. The first-order valence-corrected chi connectivity index (χ1v) is 9.40. The molecule has 3 aromatic carbocycles. The van der Waals surface area contributed by atoms with E-state index in [2.05, 4.69) is 28.5 Å². The molecule has 0 N–H and O–H groups in total. The minimum absolute atomic E-state index is 0. The molecule has 0 amide bonds. The molecule has 0 unspecified atom stereocenters. The van der Waals surface area contributed by atoms with E-state index in [1.165, 1.54) is 23.8 Å². The van der Waals surface area contributed by atoms with Crippen molar-refractivity contribution in [1.82, 2.24) is 4.98 Å². The van der Waals surface area contributed by atoms with Gasteiger partial charge in [-0.15, -0.1) is 41.6 Å². The zero-order valence-corrected chi connectivity index (χ0v) is 19.1. The van der Waals surface area contributed by atoms with E-state index in [4.69, 9.17) is 0 Å². The number of pyridine rings is 1. The number of para-hydroxylation sites is 1. The standard InChI is InChI=1S/C15H10N.C11H13NO.Pt/c1-2-7-13(8-3-1)15-14-9-5-4-6-12(14)10-11-16-15;1-9(8-10(2)13)12-11-6-4-3-5-7-11;/h1-7,9-11H;3-8H,1-2H3,(H,12,13);/q-1;;+2/p-1. The summed E-state index contributed by atoms with van der Waals surface area (Å²) in [5, 5.41) is 6.63. The van der Waals surface area contributed by atoms with Crippen molar-refractivity contribution in [2.45, 2.75) is 13.8 Å². The van der Waals surface area contributed by atoms with E-state index in [1.807, 2.05) is 85.9 Å². The maximum Gasteiger partial charge on any atom is 2.00 e. The van der Waals surface area contributed by atoms with E-state index in [1.54, 1.807) is 0 Å². The topological polar surface area (TPSA) is 44.1 Å². The van der Waals surface area contributed by atoms with Crippen LogP contribution in [-0.2, 0) is 25.9 Å². The summed E-state index contributed by atoms with van der Waals surface area (Å²) in [7, 11) is 0. The van der Waals surface area contributed by atoms with Crippen molar-refractivity contribution >= 4 is 22.2 Å². The molecule has 4 rings (SSSR count). The van der Waals surface area contributed by atoms with Gasteiger partial charge < -0.3 is 10.3 Å². The molecule has 30 heavy (non-hydrogen) atoms. The maximum atomic E-state index is 10.7. The van der Waals surface area contributed by atoms with E-state index in [9.17, 15) is 4.79 Å². The van der Waals surface area contributed by atoms with E-state index >= 15 is 0 Å². The Bertz CT molecular complexity index is 1100. The Morgan fingerprint density at radius 3 is 2.30 bits per heavy atom. The molecular formula is C26H22N2OPt. The molecule has 0 fully saturated rings. The summed E-state index contributed by atoms with van der Waals surface area (Å²) in [6, 6.07) is 31.0. The second-order valence-electron chi connectivity index (χ2n) is 6.50. The predicted molar refractivity (Wildman–Crippen MR) is 120 cm³/mol. The SMILES string of the molecule is CC(=O)/C=C(/C)[N-]c1ccccc1.[Pt+2].[c-]1ccccc1-c1nccc2ccccc12. The van der Waals surface area contributed by atoms with Crippen LogP contribution in [0.15, 0.2) is 103 Å². The van der Waals surface area contributed by atoms with Crippen molar-refractivity contribution in [3.05, 3.63) is 114 Å². The van der Waals surface area contributed by atoms with E-state index < -0.39 is 0 Å². The third kappa shape index (κ3) is 6.79. The number of fused-ring (bicyclic) bond motifs is 1. The smallest absolute Gasteiger partial charge is 0.661 e. The summed E-state index contributed by atoms with van der Waals surface area (Å²) in [5.41, 5.74) is 3.65. The molecule has 4 aromatic rings. The molecule has 0 aliphatic rings. The van der Waals surface area contributed by atoms with Crippen LogP contribution < -0.4 is 0 Å².